The van der Waals surface area contributed by atoms with Gasteiger partial charge >= 0.3 is 39.5 Å². The van der Waals surface area contributed by atoms with Crippen LogP contribution >= 0.6 is 15.6 Å². The fraction of sp³-hybridized carbons (Fsp3) is 0.951. The van der Waals surface area contributed by atoms with Gasteiger partial charge in [-0.3, -0.25) is 37.3 Å². The molecule has 600 valence electrons. The van der Waals surface area contributed by atoms with Gasteiger partial charge in [0.1, 0.15) is 19.3 Å². The first-order valence-corrected chi connectivity index (χ1v) is 45.5. The normalized spacial score (nSPS) is 13.9. The summed E-state index contributed by atoms with van der Waals surface area (Å²) in [7, 11) is -9.92. The number of hydrogen-bond acceptors (Lipinski definition) is 15. The van der Waals surface area contributed by atoms with Gasteiger partial charge in [0.25, 0.3) is 0 Å². The Hall–Kier alpha value is -1.94. The van der Waals surface area contributed by atoms with Gasteiger partial charge in [0.05, 0.1) is 26.4 Å². The Morgan fingerprint density at radius 2 is 0.455 bits per heavy atom. The molecule has 101 heavy (non-hydrogen) atoms. The molecule has 0 radical (unpaired) electrons. The molecule has 0 aliphatic rings. The molecule has 0 rings (SSSR count). The van der Waals surface area contributed by atoms with Gasteiger partial charge in [0.2, 0.25) is 0 Å². The van der Waals surface area contributed by atoms with Gasteiger partial charge in [-0.1, -0.05) is 382 Å². The molecule has 0 aromatic heterocycles. The van der Waals surface area contributed by atoms with E-state index in [0.29, 0.717) is 31.6 Å². The minimum absolute atomic E-state index is 0.107. The molecule has 0 aliphatic carbocycles. The second-order valence-electron chi connectivity index (χ2n) is 30.5. The van der Waals surface area contributed by atoms with E-state index >= 15 is 0 Å². The predicted molar refractivity (Wildman–Crippen MR) is 414 cm³/mol. The van der Waals surface area contributed by atoms with Crippen molar-refractivity contribution >= 4 is 39.5 Å². The topological polar surface area (TPSA) is 237 Å². The summed E-state index contributed by atoms with van der Waals surface area (Å²) in [4.78, 5) is 73.0. The number of phosphoric ester groups is 2. The van der Waals surface area contributed by atoms with E-state index in [1.54, 1.807) is 0 Å². The maximum atomic E-state index is 13.1. The zero-order valence-electron chi connectivity index (χ0n) is 66.2. The van der Waals surface area contributed by atoms with Crippen LogP contribution in [0.25, 0.3) is 0 Å². The lowest BCUT2D eigenvalue weighted by atomic mass is 10.0. The second kappa shape index (κ2) is 73.6. The molecule has 5 atom stereocenters. The number of ether oxygens (including phenoxy) is 4. The third-order valence-corrected chi connectivity index (χ3v) is 21.1. The minimum Gasteiger partial charge on any atom is -0.462 e. The summed E-state index contributed by atoms with van der Waals surface area (Å²) in [6, 6.07) is 0. The molecular weight excluding hydrogens is 1320 g/mol. The molecule has 0 saturated heterocycles. The van der Waals surface area contributed by atoms with Crippen LogP contribution in [0.2, 0.25) is 0 Å². The molecular formula is C82H160O17P2. The van der Waals surface area contributed by atoms with E-state index in [0.717, 1.165) is 102 Å². The van der Waals surface area contributed by atoms with Gasteiger partial charge < -0.3 is 33.8 Å². The van der Waals surface area contributed by atoms with E-state index in [9.17, 15) is 43.2 Å². The highest BCUT2D eigenvalue weighted by atomic mass is 31.2. The number of carbonyl (C=O) groups is 4. The number of unbranched alkanes of at least 4 members (excludes halogenated alkanes) is 51. The number of rotatable bonds is 81. The number of phosphoric acid groups is 2. The second-order valence-corrected chi connectivity index (χ2v) is 33.4. The van der Waals surface area contributed by atoms with Gasteiger partial charge in [0.15, 0.2) is 12.2 Å². The third kappa shape index (κ3) is 76.1. The van der Waals surface area contributed by atoms with Crippen LogP contribution in [0.3, 0.4) is 0 Å². The van der Waals surface area contributed by atoms with Crippen molar-refractivity contribution in [1.82, 2.24) is 0 Å². The Bertz CT molecular complexity index is 1940. The largest absolute Gasteiger partial charge is 0.472 e. The molecule has 0 heterocycles. The summed E-state index contributed by atoms with van der Waals surface area (Å²) in [6.45, 7) is 9.59. The fourth-order valence-electron chi connectivity index (χ4n) is 12.7. The van der Waals surface area contributed by atoms with Crippen molar-refractivity contribution in [1.29, 1.82) is 0 Å². The van der Waals surface area contributed by atoms with E-state index < -0.39 is 97.5 Å². The molecule has 0 aromatic carbocycles. The first-order valence-electron chi connectivity index (χ1n) is 42.5. The van der Waals surface area contributed by atoms with Crippen LogP contribution in [0.4, 0.5) is 0 Å². The van der Waals surface area contributed by atoms with Crippen LogP contribution in [0.5, 0.6) is 0 Å². The lowest BCUT2D eigenvalue weighted by Gasteiger charge is -2.21. The average Bonchev–Trinajstić information content (AvgIpc) is 0.928. The number of aliphatic hydroxyl groups excluding tert-OH is 1. The van der Waals surface area contributed by atoms with E-state index in [2.05, 4.69) is 41.5 Å². The Balaban J connectivity index is 5.21. The molecule has 2 unspecified atom stereocenters. The van der Waals surface area contributed by atoms with Crippen LogP contribution in [0.1, 0.15) is 433 Å². The minimum atomic E-state index is -4.96. The molecule has 17 nitrogen and oxygen atoms in total. The van der Waals surface area contributed by atoms with Gasteiger partial charge in [0, 0.05) is 25.7 Å². The molecule has 19 heteroatoms. The maximum absolute atomic E-state index is 13.1. The standard InChI is InChI=1S/C82H160O17P2/c1-7-9-11-13-15-17-19-21-22-23-24-25-26-31-35-39-43-47-55-61-67-81(86)98-77(70-92-79(84)64-58-52-45-41-37-34-30-28-27-29-33-36-40-44-50-56-62-74(3)4)72-96-100(88,89)94-68-76(83)69-95-101(90,91)97-73-78(71-93-80(85)65-59-53-49-48-51-57-63-75(5)6)99-82(87)66-60-54-46-42-38-32-20-18-16-14-12-10-8-2/h74-78,83H,7-73H2,1-6H3,(H,88,89)(H,90,91)/t76-,77-,78-/m1/s1. The summed E-state index contributed by atoms with van der Waals surface area (Å²) in [5.74, 6) is -0.617. The van der Waals surface area contributed by atoms with Crippen LogP contribution in [-0.2, 0) is 65.4 Å². The highest BCUT2D eigenvalue weighted by Crippen LogP contribution is 2.45. The Morgan fingerprint density at radius 3 is 0.673 bits per heavy atom. The van der Waals surface area contributed by atoms with Crippen LogP contribution in [0, 0.1) is 11.8 Å². The smallest absolute Gasteiger partial charge is 0.462 e. The summed E-state index contributed by atoms with van der Waals surface area (Å²) >= 11 is 0. The van der Waals surface area contributed by atoms with Gasteiger partial charge in [-0.25, -0.2) is 9.13 Å². The average molecular weight is 1480 g/mol. The van der Waals surface area contributed by atoms with Gasteiger partial charge in [-0.05, 0) is 37.5 Å². The number of carbonyl (C=O) groups excluding carboxylic acids is 4. The molecule has 0 saturated carbocycles. The van der Waals surface area contributed by atoms with Crippen molar-refractivity contribution in [2.75, 3.05) is 39.6 Å². The molecule has 0 aromatic rings. The predicted octanol–water partition coefficient (Wildman–Crippen LogP) is 24.7. The number of esters is 4. The van der Waals surface area contributed by atoms with Crippen LogP contribution < -0.4 is 0 Å². The van der Waals surface area contributed by atoms with Crippen molar-refractivity contribution in [3.63, 3.8) is 0 Å². The fourth-order valence-corrected chi connectivity index (χ4v) is 14.3. The van der Waals surface area contributed by atoms with Crippen LogP contribution in [-0.4, -0.2) is 96.7 Å². The van der Waals surface area contributed by atoms with Gasteiger partial charge in [-0.15, -0.1) is 0 Å². The molecule has 0 amide bonds. The van der Waals surface area contributed by atoms with E-state index in [-0.39, 0.29) is 25.7 Å². The molecule has 3 N–H and O–H groups in total. The SMILES string of the molecule is CCCCCCCCCCCCCCCCCCCCCCC(=O)O[C@H](COC(=O)CCCCCCCCCCCCCCCCCCC(C)C)COP(=O)(O)OC[C@@H](O)COP(=O)(O)OC[C@@H](COC(=O)CCCCCCCCC(C)C)OC(=O)CCCCCCCCCCCCCCC. The summed E-state index contributed by atoms with van der Waals surface area (Å²) in [6.07, 6.45) is 64.1. The summed E-state index contributed by atoms with van der Waals surface area (Å²) in [5, 5.41) is 10.6. The quantitative estimate of drug-likeness (QED) is 0.0222. The summed E-state index contributed by atoms with van der Waals surface area (Å²) in [5.41, 5.74) is 0. The van der Waals surface area contributed by atoms with E-state index in [4.69, 9.17) is 37.0 Å². The Morgan fingerprint density at radius 1 is 0.267 bits per heavy atom. The first-order chi connectivity index (χ1) is 48.9. The van der Waals surface area contributed by atoms with Crippen molar-refractivity contribution in [3.05, 3.63) is 0 Å². The zero-order valence-corrected chi connectivity index (χ0v) is 68.0. The zero-order chi connectivity index (χ0) is 74.2. The monoisotopic (exact) mass is 1480 g/mol. The van der Waals surface area contributed by atoms with E-state index in [1.165, 1.54) is 244 Å². The molecule has 0 fully saturated rings. The highest BCUT2D eigenvalue weighted by molar-refractivity contribution is 7.47. The van der Waals surface area contributed by atoms with E-state index in [1.807, 2.05) is 0 Å². The highest BCUT2D eigenvalue weighted by Gasteiger charge is 2.30. The van der Waals surface area contributed by atoms with Gasteiger partial charge in [-0.2, -0.15) is 0 Å². The number of aliphatic hydroxyl groups is 1. The maximum Gasteiger partial charge on any atom is 0.472 e. The third-order valence-electron chi connectivity index (χ3n) is 19.2. The molecule has 0 aliphatic heterocycles. The first kappa shape index (κ1) is 99.1. The van der Waals surface area contributed by atoms with Crippen molar-refractivity contribution in [3.8, 4) is 0 Å². The lowest BCUT2D eigenvalue weighted by Crippen LogP contribution is -2.30. The van der Waals surface area contributed by atoms with Crippen molar-refractivity contribution in [2.45, 2.75) is 452 Å². The van der Waals surface area contributed by atoms with Crippen LogP contribution in [0.15, 0.2) is 0 Å². The Labute approximate surface area is 619 Å². The molecule has 0 bridgehead atoms. The lowest BCUT2D eigenvalue weighted by molar-refractivity contribution is -0.161. The summed E-state index contributed by atoms with van der Waals surface area (Å²) < 4.78 is 68.7. The molecule has 0 spiro atoms. The number of hydrogen-bond donors (Lipinski definition) is 3. The van der Waals surface area contributed by atoms with Crippen molar-refractivity contribution < 1.29 is 80.2 Å². The Kier molecular flexibility index (Phi) is 72.2. The van der Waals surface area contributed by atoms with Crippen molar-refractivity contribution in [2.24, 2.45) is 11.8 Å².